The summed E-state index contributed by atoms with van der Waals surface area (Å²) in [6.45, 7) is 0.628. The van der Waals surface area contributed by atoms with Gasteiger partial charge in [-0.05, 0) is 25.5 Å². The summed E-state index contributed by atoms with van der Waals surface area (Å²) in [5.41, 5.74) is 12.5. The van der Waals surface area contributed by atoms with E-state index >= 15 is 0 Å². The van der Waals surface area contributed by atoms with Gasteiger partial charge in [0.25, 0.3) is 0 Å². The van der Waals surface area contributed by atoms with Crippen LogP contribution in [0.5, 0.6) is 17.2 Å². The van der Waals surface area contributed by atoms with Crippen molar-refractivity contribution >= 4 is 12.4 Å². The molecule has 0 bridgehead atoms. The predicted molar refractivity (Wildman–Crippen MR) is 78.6 cm³/mol. The molecule has 110 valence electrons. The van der Waals surface area contributed by atoms with Crippen LogP contribution in [0.3, 0.4) is 0 Å². The number of nitrogens with two attached hydrogens (primary N) is 2. The minimum atomic E-state index is -0.122. The number of hydrogen-bond donors (Lipinski definition) is 2. The van der Waals surface area contributed by atoms with Gasteiger partial charge in [-0.2, -0.15) is 0 Å². The molecule has 19 heavy (non-hydrogen) atoms. The standard InChI is InChI=1S/C13H22N2O3.ClH/c1-16-11-8-13(18-3)12(17-2)7-9(11)10(15)5-4-6-14;/h7-8,10H,4-6,14-15H2,1-3H3;1H/t10-;/m0./s1. The number of ether oxygens (including phenoxy) is 3. The van der Waals surface area contributed by atoms with Crippen LogP contribution in [-0.4, -0.2) is 27.9 Å². The van der Waals surface area contributed by atoms with Gasteiger partial charge in [-0.15, -0.1) is 12.4 Å². The molecule has 1 aromatic carbocycles. The number of rotatable bonds is 7. The Bertz CT molecular complexity index is 388. The normalized spacial score (nSPS) is 11.4. The van der Waals surface area contributed by atoms with Crippen LogP contribution in [0.1, 0.15) is 24.4 Å². The molecular formula is C13H23ClN2O3. The molecular weight excluding hydrogens is 268 g/mol. The first-order valence-corrected chi connectivity index (χ1v) is 5.93. The lowest BCUT2D eigenvalue weighted by Gasteiger charge is -2.18. The van der Waals surface area contributed by atoms with Crippen molar-refractivity contribution in [3.05, 3.63) is 17.7 Å². The van der Waals surface area contributed by atoms with E-state index in [1.165, 1.54) is 0 Å². The molecule has 0 heterocycles. The van der Waals surface area contributed by atoms with Crippen molar-refractivity contribution in [1.82, 2.24) is 0 Å². The van der Waals surface area contributed by atoms with Crippen LogP contribution in [0.2, 0.25) is 0 Å². The monoisotopic (exact) mass is 290 g/mol. The quantitative estimate of drug-likeness (QED) is 0.801. The molecule has 0 aromatic heterocycles. The minimum Gasteiger partial charge on any atom is -0.496 e. The van der Waals surface area contributed by atoms with E-state index in [9.17, 15) is 0 Å². The van der Waals surface area contributed by atoms with E-state index in [4.69, 9.17) is 25.7 Å². The van der Waals surface area contributed by atoms with Crippen molar-refractivity contribution in [2.45, 2.75) is 18.9 Å². The van der Waals surface area contributed by atoms with E-state index < -0.39 is 0 Å². The van der Waals surface area contributed by atoms with Crippen LogP contribution in [0.25, 0.3) is 0 Å². The number of hydrogen-bond acceptors (Lipinski definition) is 5. The highest BCUT2D eigenvalue weighted by molar-refractivity contribution is 5.85. The van der Waals surface area contributed by atoms with Gasteiger partial charge in [-0.3, -0.25) is 0 Å². The van der Waals surface area contributed by atoms with Crippen LogP contribution in [0, 0.1) is 0 Å². The zero-order valence-corrected chi connectivity index (χ0v) is 12.5. The third-order valence-corrected chi connectivity index (χ3v) is 2.85. The van der Waals surface area contributed by atoms with Crippen LogP contribution in [0.15, 0.2) is 12.1 Å². The smallest absolute Gasteiger partial charge is 0.164 e. The predicted octanol–water partition coefficient (Wildman–Crippen LogP) is 1.87. The lowest BCUT2D eigenvalue weighted by molar-refractivity contribution is 0.346. The Labute approximate surface area is 120 Å². The molecule has 0 unspecified atom stereocenters. The highest BCUT2D eigenvalue weighted by atomic mass is 35.5. The Morgan fingerprint density at radius 2 is 1.53 bits per heavy atom. The molecule has 6 heteroatoms. The van der Waals surface area contributed by atoms with Gasteiger partial charge in [0.1, 0.15) is 5.75 Å². The minimum absolute atomic E-state index is 0. The van der Waals surface area contributed by atoms with Crippen LogP contribution < -0.4 is 25.7 Å². The Morgan fingerprint density at radius 3 is 2.00 bits per heavy atom. The summed E-state index contributed by atoms with van der Waals surface area (Å²) in [6, 6.07) is 3.53. The fourth-order valence-electron chi connectivity index (χ4n) is 1.84. The van der Waals surface area contributed by atoms with Crippen molar-refractivity contribution in [1.29, 1.82) is 0 Å². The second-order valence-electron chi connectivity index (χ2n) is 3.99. The van der Waals surface area contributed by atoms with Crippen molar-refractivity contribution in [3.63, 3.8) is 0 Å². The fraction of sp³-hybridized carbons (Fsp3) is 0.538. The van der Waals surface area contributed by atoms with Gasteiger partial charge in [-0.25, -0.2) is 0 Å². The van der Waals surface area contributed by atoms with Gasteiger partial charge in [0.15, 0.2) is 11.5 Å². The molecule has 0 aliphatic heterocycles. The Balaban J connectivity index is 0.00000324. The van der Waals surface area contributed by atoms with E-state index in [-0.39, 0.29) is 18.4 Å². The van der Waals surface area contributed by atoms with Gasteiger partial charge in [-0.1, -0.05) is 0 Å². The topological polar surface area (TPSA) is 79.7 Å². The molecule has 4 N–H and O–H groups in total. The van der Waals surface area contributed by atoms with Crippen molar-refractivity contribution in [2.75, 3.05) is 27.9 Å². The molecule has 0 aliphatic carbocycles. The molecule has 0 aliphatic rings. The van der Waals surface area contributed by atoms with Crippen molar-refractivity contribution in [2.24, 2.45) is 11.5 Å². The maximum Gasteiger partial charge on any atom is 0.164 e. The van der Waals surface area contributed by atoms with E-state index in [1.807, 2.05) is 6.07 Å². The summed E-state index contributed by atoms with van der Waals surface area (Å²) in [7, 11) is 4.80. The van der Waals surface area contributed by atoms with Crippen LogP contribution in [-0.2, 0) is 0 Å². The Hall–Kier alpha value is -1.17. The summed E-state index contributed by atoms with van der Waals surface area (Å²) in [5.74, 6) is 1.98. The van der Waals surface area contributed by atoms with Gasteiger partial charge < -0.3 is 25.7 Å². The van der Waals surface area contributed by atoms with Gasteiger partial charge in [0, 0.05) is 17.7 Å². The Morgan fingerprint density at radius 1 is 1.00 bits per heavy atom. The summed E-state index contributed by atoms with van der Waals surface area (Å²) < 4.78 is 15.8. The summed E-state index contributed by atoms with van der Waals surface area (Å²) in [5, 5.41) is 0. The molecule has 0 spiro atoms. The maximum atomic E-state index is 6.14. The SMILES string of the molecule is COc1cc(OC)c([C@@H](N)CCCN)cc1OC.Cl. The summed E-state index contributed by atoms with van der Waals surface area (Å²) in [6.07, 6.45) is 1.68. The Kier molecular flexibility index (Phi) is 8.30. The first-order valence-electron chi connectivity index (χ1n) is 5.93. The van der Waals surface area contributed by atoms with Crippen LogP contribution >= 0.6 is 12.4 Å². The third-order valence-electron chi connectivity index (χ3n) is 2.85. The zero-order chi connectivity index (χ0) is 13.5. The third kappa shape index (κ3) is 4.45. The molecule has 1 atom stereocenters. The summed E-state index contributed by atoms with van der Waals surface area (Å²) in [4.78, 5) is 0. The van der Waals surface area contributed by atoms with Crippen molar-refractivity contribution < 1.29 is 14.2 Å². The molecule has 0 saturated carbocycles. The van der Waals surface area contributed by atoms with E-state index in [2.05, 4.69) is 0 Å². The van der Waals surface area contributed by atoms with E-state index in [0.29, 0.717) is 23.8 Å². The lowest BCUT2D eigenvalue weighted by Crippen LogP contribution is -2.14. The van der Waals surface area contributed by atoms with Crippen LogP contribution in [0.4, 0.5) is 0 Å². The molecule has 1 aromatic rings. The first-order chi connectivity index (χ1) is 8.67. The van der Waals surface area contributed by atoms with Gasteiger partial charge >= 0.3 is 0 Å². The fourth-order valence-corrected chi connectivity index (χ4v) is 1.84. The number of methoxy groups -OCH3 is 3. The lowest BCUT2D eigenvalue weighted by atomic mass is 10.0. The average Bonchev–Trinajstić information content (AvgIpc) is 2.42. The van der Waals surface area contributed by atoms with Crippen molar-refractivity contribution in [3.8, 4) is 17.2 Å². The largest absolute Gasteiger partial charge is 0.496 e. The highest BCUT2D eigenvalue weighted by Crippen LogP contribution is 2.37. The van der Waals surface area contributed by atoms with Gasteiger partial charge in [0.05, 0.1) is 21.3 Å². The maximum absolute atomic E-state index is 6.14. The number of halogens is 1. The van der Waals surface area contributed by atoms with E-state index in [1.54, 1.807) is 27.4 Å². The molecule has 0 amide bonds. The summed E-state index contributed by atoms with van der Waals surface area (Å²) >= 11 is 0. The second kappa shape index (κ2) is 8.85. The molecule has 0 saturated heterocycles. The molecule has 5 nitrogen and oxygen atoms in total. The zero-order valence-electron chi connectivity index (χ0n) is 11.6. The highest BCUT2D eigenvalue weighted by Gasteiger charge is 2.16. The first kappa shape index (κ1) is 17.8. The molecule has 0 fully saturated rings. The number of benzene rings is 1. The average molecular weight is 291 g/mol. The molecule has 0 radical (unpaired) electrons. The van der Waals surface area contributed by atoms with E-state index in [0.717, 1.165) is 18.4 Å². The second-order valence-corrected chi connectivity index (χ2v) is 3.99. The van der Waals surface area contributed by atoms with Gasteiger partial charge in [0.2, 0.25) is 0 Å². The molecule has 1 rings (SSSR count).